The number of carbonyl (C=O) groups excluding carboxylic acids is 4. The largest absolute Gasteiger partial charge is 0.479 e. The number of benzene rings is 2. The number of amides is 4. The van der Waals surface area contributed by atoms with Gasteiger partial charge in [0.1, 0.15) is 18.7 Å². The Bertz CT molecular complexity index is 1640. The molecule has 4 amide bonds. The van der Waals surface area contributed by atoms with Crippen LogP contribution in [-0.4, -0.2) is 82.2 Å². The first-order valence-corrected chi connectivity index (χ1v) is 16.5. The fourth-order valence-electron chi connectivity index (χ4n) is 6.71. The molecule has 0 bridgehead atoms. The third-order valence-electron chi connectivity index (χ3n) is 8.94. The molecule has 250 valence electrons. The number of fused-ring (bicyclic) bond motifs is 2. The highest BCUT2D eigenvalue weighted by atomic mass is 16.6. The average Bonchev–Trinajstić information content (AvgIpc) is 3.73. The lowest BCUT2D eigenvalue weighted by atomic mass is 10.1. The molecule has 2 fully saturated rings. The second-order valence-corrected chi connectivity index (χ2v) is 13.4. The number of aromatic nitrogens is 2. The fourth-order valence-corrected chi connectivity index (χ4v) is 6.71. The maximum absolute atomic E-state index is 13.4. The van der Waals surface area contributed by atoms with E-state index in [1.165, 1.54) is 4.90 Å². The van der Waals surface area contributed by atoms with Gasteiger partial charge in [-0.25, -0.2) is 13.9 Å². The predicted molar refractivity (Wildman–Crippen MR) is 172 cm³/mol. The van der Waals surface area contributed by atoms with Gasteiger partial charge >= 0.3 is 6.09 Å². The van der Waals surface area contributed by atoms with E-state index in [1.807, 2.05) is 45.9 Å². The molecule has 0 spiro atoms. The van der Waals surface area contributed by atoms with Gasteiger partial charge in [0.05, 0.1) is 23.8 Å². The van der Waals surface area contributed by atoms with Gasteiger partial charge < -0.3 is 24.4 Å². The molecule has 6 rings (SSSR count). The Morgan fingerprint density at radius 3 is 2.32 bits per heavy atom. The summed E-state index contributed by atoms with van der Waals surface area (Å²) in [5, 5.41) is 3.05. The fraction of sp³-hybridized carbons (Fsp3) is 0.514. The van der Waals surface area contributed by atoms with Gasteiger partial charge in [-0.1, -0.05) is 18.2 Å². The Hall–Kier alpha value is -4.45. The van der Waals surface area contributed by atoms with Gasteiger partial charge in [0, 0.05) is 25.7 Å². The Kier molecular flexibility index (Phi) is 9.23. The van der Waals surface area contributed by atoms with E-state index in [4.69, 9.17) is 14.2 Å². The van der Waals surface area contributed by atoms with Crippen molar-refractivity contribution in [1.82, 2.24) is 19.7 Å². The van der Waals surface area contributed by atoms with E-state index in [1.54, 1.807) is 29.2 Å². The van der Waals surface area contributed by atoms with Crippen LogP contribution in [0.2, 0.25) is 0 Å². The summed E-state index contributed by atoms with van der Waals surface area (Å²) in [6.07, 6.45) is 2.83. The standard InChI is InChI=1S/C35H43N5O7/c1-5-38-30(21-40-32(42)25-11-6-7-12-26(25)33(40)43)39(20-24-10-9-19-45-24)27-13-8-14-28(31(27)38)46-22-29(41)36-23-15-17-37(18-16-23)34(44)47-35(2,3)4/h6-8,11-14,23-24H,5,9-10,15-22H2,1-4H3/p+1. The van der Waals surface area contributed by atoms with Crippen LogP contribution in [0.1, 0.15) is 79.9 Å². The van der Waals surface area contributed by atoms with Crippen molar-refractivity contribution in [3.63, 3.8) is 0 Å². The molecule has 1 N–H and O–H groups in total. The lowest BCUT2D eigenvalue weighted by Gasteiger charge is -2.33. The van der Waals surface area contributed by atoms with Crippen molar-refractivity contribution in [2.24, 2.45) is 0 Å². The molecule has 0 aliphatic carbocycles. The molecule has 12 heteroatoms. The number of para-hydroxylation sites is 1. The van der Waals surface area contributed by atoms with E-state index in [0.717, 1.165) is 29.7 Å². The van der Waals surface area contributed by atoms with Crippen molar-refractivity contribution in [3.05, 3.63) is 59.4 Å². The number of hydrogen-bond donors (Lipinski definition) is 1. The molecular formula is C35H44N5O7+. The van der Waals surface area contributed by atoms with Crippen LogP contribution >= 0.6 is 0 Å². The highest BCUT2D eigenvalue weighted by Gasteiger charge is 2.40. The molecule has 3 aliphatic heterocycles. The number of piperidine rings is 1. The molecule has 2 aromatic carbocycles. The molecule has 0 radical (unpaired) electrons. The van der Waals surface area contributed by atoms with Crippen molar-refractivity contribution >= 4 is 34.8 Å². The zero-order chi connectivity index (χ0) is 33.3. The van der Waals surface area contributed by atoms with Crippen molar-refractivity contribution in [3.8, 4) is 5.75 Å². The third kappa shape index (κ3) is 6.83. The van der Waals surface area contributed by atoms with Crippen LogP contribution in [0.5, 0.6) is 5.75 Å². The molecule has 1 atom stereocenters. The molecule has 1 aromatic heterocycles. The Morgan fingerprint density at radius 1 is 1.00 bits per heavy atom. The molecule has 3 aliphatic rings. The first kappa shape index (κ1) is 32.5. The zero-order valence-corrected chi connectivity index (χ0v) is 27.6. The lowest BCUT2D eigenvalue weighted by Crippen LogP contribution is -2.48. The van der Waals surface area contributed by atoms with Gasteiger partial charge in [-0.3, -0.25) is 19.3 Å². The summed E-state index contributed by atoms with van der Waals surface area (Å²) in [6, 6.07) is 12.6. The second kappa shape index (κ2) is 13.3. The van der Waals surface area contributed by atoms with Crippen molar-refractivity contribution in [2.75, 3.05) is 26.3 Å². The van der Waals surface area contributed by atoms with Crippen LogP contribution in [0.25, 0.3) is 11.0 Å². The highest BCUT2D eigenvalue weighted by Crippen LogP contribution is 2.30. The third-order valence-corrected chi connectivity index (χ3v) is 8.94. The zero-order valence-electron chi connectivity index (χ0n) is 27.6. The van der Waals surface area contributed by atoms with Crippen LogP contribution in [0.4, 0.5) is 4.79 Å². The van der Waals surface area contributed by atoms with Gasteiger partial charge in [-0.2, -0.15) is 0 Å². The van der Waals surface area contributed by atoms with E-state index in [2.05, 4.69) is 14.5 Å². The number of imidazole rings is 1. The van der Waals surface area contributed by atoms with Crippen LogP contribution in [0.15, 0.2) is 42.5 Å². The van der Waals surface area contributed by atoms with Gasteiger partial charge in [0.15, 0.2) is 17.9 Å². The summed E-state index contributed by atoms with van der Waals surface area (Å²) < 4.78 is 21.8. The van der Waals surface area contributed by atoms with Crippen LogP contribution in [0, 0.1) is 0 Å². The number of imide groups is 1. The predicted octanol–water partition coefficient (Wildman–Crippen LogP) is 3.82. The number of carbonyl (C=O) groups is 4. The Labute approximate surface area is 274 Å². The summed E-state index contributed by atoms with van der Waals surface area (Å²) in [7, 11) is 0. The van der Waals surface area contributed by atoms with Crippen molar-refractivity contribution in [1.29, 1.82) is 0 Å². The smallest absolute Gasteiger partial charge is 0.410 e. The number of likely N-dealkylation sites (tertiary alicyclic amines) is 1. The van der Waals surface area contributed by atoms with Crippen LogP contribution in [-0.2, 0) is 33.9 Å². The number of nitrogens with zero attached hydrogens (tertiary/aromatic N) is 4. The molecule has 3 aromatic rings. The topological polar surface area (TPSA) is 123 Å². The summed E-state index contributed by atoms with van der Waals surface area (Å²) >= 11 is 0. The number of hydrogen-bond acceptors (Lipinski definition) is 7. The average molecular weight is 647 g/mol. The summed E-state index contributed by atoms with van der Waals surface area (Å²) in [5.41, 5.74) is 1.93. The van der Waals surface area contributed by atoms with E-state index in [0.29, 0.717) is 62.5 Å². The quantitative estimate of drug-likeness (QED) is 0.277. The van der Waals surface area contributed by atoms with Crippen molar-refractivity contribution < 1.29 is 38.0 Å². The number of aryl methyl sites for hydroxylation is 1. The minimum atomic E-state index is -0.556. The molecule has 47 heavy (non-hydrogen) atoms. The van der Waals surface area contributed by atoms with Crippen LogP contribution < -0.4 is 14.6 Å². The molecule has 12 nitrogen and oxygen atoms in total. The van der Waals surface area contributed by atoms with Crippen molar-refractivity contribution in [2.45, 2.75) is 90.8 Å². The first-order chi connectivity index (χ1) is 22.5. The maximum atomic E-state index is 13.4. The molecule has 4 heterocycles. The van der Waals surface area contributed by atoms with Gasteiger partial charge in [0.2, 0.25) is 5.52 Å². The number of rotatable bonds is 9. The minimum Gasteiger partial charge on any atom is -0.479 e. The number of ether oxygens (including phenoxy) is 3. The highest BCUT2D eigenvalue weighted by molar-refractivity contribution is 6.21. The summed E-state index contributed by atoms with van der Waals surface area (Å²) in [5.74, 6) is 0.448. The number of nitrogens with one attached hydrogen (secondary N) is 1. The van der Waals surface area contributed by atoms with E-state index in [9.17, 15) is 19.2 Å². The van der Waals surface area contributed by atoms with E-state index < -0.39 is 5.60 Å². The Balaban J connectivity index is 1.20. The monoisotopic (exact) mass is 646 g/mol. The van der Waals surface area contributed by atoms with Crippen LogP contribution in [0.3, 0.4) is 0 Å². The van der Waals surface area contributed by atoms with E-state index in [-0.39, 0.29) is 49.1 Å². The second-order valence-electron chi connectivity index (χ2n) is 13.4. The van der Waals surface area contributed by atoms with Gasteiger partial charge in [-0.15, -0.1) is 0 Å². The molecular weight excluding hydrogens is 602 g/mol. The maximum Gasteiger partial charge on any atom is 0.410 e. The normalized spacial score (nSPS) is 18.6. The summed E-state index contributed by atoms with van der Waals surface area (Å²) in [6.45, 7) is 10.3. The minimum absolute atomic E-state index is 0.00826. The molecule has 0 saturated carbocycles. The van der Waals surface area contributed by atoms with E-state index >= 15 is 0 Å². The molecule has 1 unspecified atom stereocenters. The first-order valence-electron chi connectivity index (χ1n) is 16.5. The van der Waals surface area contributed by atoms with Gasteiger partial charge in [-0.05, 0) is 77.6 Å². The van der Waals surface area contributed by atoms with Gasteiger partial charge in [0.25, 0.3) is 23.5 Å². The SMILES string of the molecule is CC[n+]1c(CN2C(=O)c3ccccc3C2=O)n(CC2CCCO2)c2cccc(OCC(=O)NC3CCN(C(=O)OC(C)(C)C)CC3)c21. The lowest BCUT2D eigenvalue weighted by molar-refractivity contribution is -0.677. The molecule has 2 saturated heterocycles. The summed E-state index contributed by atoms with van der Waals surface area (Å²) in [4.78, 5) is 55.2. The Morgan fingerprint density at radius 2 is 1.70 bits per heavy atom.